The summed E-state index contributed by atoms with van der Waals surface area (Å²) in [5, 5.41) is 34.3. The van der Waals surface area contributed by atoms with Crippen LogP contribution in [0.1, 0.15) is 65.0 Å². The molecule has 0 saturated heterocycles. The van der Waals surface area contributed by atoms with E-state index in [-0.39, 0.29) is 158 Å². The molecule has 5 radical (unpaired) electrons. The Morgan fingerprint density at radius 3 is 1.29 bits per heavy atom. The first-order valence-corrected chi connectivity index (χ1v) is 36.5. The number of hydrogen-bond donors (Lipinski definition) is 3. The van der Waals surface area contributed by atoms with Crippen molar-refractivity contribution in [3.05, 3.63) is 386 Å². The van der Waals surface area contributed by atoms with E-state index in [1.165, 1.54) is 91.2 Å². The number of nitrogens with zero attached hydrogens (tertiary/aromatic N) is 6. The number of alkyl halides is 2. The zero-order chi connectivity index (χ0) is 80.4. The molecule has 5 heterocycles. The molecule has 16 aromatic rings. The molecule has 0 fully saturated rings. The molecule has 0 saturated carbocycles. The van der Waals surface area contributed by atoms with Crippen LogP contribution in [0, 0.1) is 30.3 Å². The number of aromatic nitrogens is 6. The van der Waals surface area contributed by atoms with E-state index in [9.17, 15) is 28.0 Å². The number of carbonyl (C=O) groups excluding carboxylic acids is 4. The molecule has 18 rings (SSSR count). The normalized spacial score (nSPS) is 11.7. The van der Waals surface area contributed by atoms with Crippen LogP contribution in [0.5, 0.6) is 0 Å². The number of rotatable bonds is 8. The number of ketones is 4. The van der Waals surface area contributed by atoms with Crippen LogP contribution < -0.4 is 0 Å². The Balaban J connectivity index is 0.000000215. The van der Waals surface area contributed by atoms with Gasteiger partial charge >= 0.3 is 0 Å². The van der Waals surface area contributed by atoms with Gasteiger partial charge in [0.05, 0.1) is 33.8 Å². The predicted octanol–water partition coefficient (Wildman–Crippen LogP) is 23.2. The molecule has 119 heavy (non-hydrogen) atoms. The Bertz CT molecular complexity index is 5900. The van der Waals surface area contributed by atoms with Crippen molar-refractivity contribution in [2.45, 2.75) is 59.8 Å². The number of benzene rings is 11. The van der Waals surface area contributed by atoms with Gasteiger partial charge in [-0.15, -0.1) is 173 Å². The van der Waals surface area contributed by atoms with Crippen molar-refractivity contribution in [2.75, 3.05) is 0 Å². The average Bonchev–Trinajstić information content (AvgIpc) is 0.721. The smallest absolute Gasteiger partial charge is 0.266 e. The van der Waals surface area contributed by atoms with E-state index in [4.69, 9.17) is 25.3 Å². The Morgan fingerprint density at radius 1 is 0.403 bits per heavy atom. The van der Waals surface area contributed by atoms with Crippen LogP contribution in [0.4, 0.5) is 8.78 Å². The molecule has 0 amide bonds. The number of para-hydroxylation sites is 2. The van der Waals surface area contributed by atoms with E-state index >= 15 is 0 Å². The van der Waals surface area contributed by atoms with E-state index < -0.39 is 5.92 Å². The van der Waals surface area contributed by atoms with Crippen LogP contribution >= 0.6 is 0 Å². The number of allylic oxidation sites excluding steroid dienone is 6. The molecule has 3 N–H and O–H groups in total. The Morgan fingerprint density at radius 2 is 0.824 bits per heavy atom. The van der Waals surface area contributed by atoms with Gasteiger partial charge in [-0.05, 0) is 143 Å². The summed E-state index contributed by atoms with van der Waals surface area (Å²) in [6, 6.07) is 108. The van der Waals surface area contributed by atoms with Crippen LogP contribution in [-0.4, -0.2) is 68.4 Å². The molecule has 0 bridgehead atoms. The van der Waals surface area contributed by atoms with Crippen molar-refractivity contribution in [3.63, 3.8) is 0 Å². The van der Waals surface area contributed by atoms with Crippen molar-refractivity contribution in [1.82, 2.24) is 29.9 Å². The second kappa shape index (κ2) is 48.0. The molecule has 5 aromatic heterocycles. The first-order chi connectivity index (χ1) is 55.3. The summed E-state index contributed by atoms with van der Waals surface area (Å²) in [7, 11) is 0. The maximum Gasteiger partial charge on any atom is 0.266 e. The standard InChI is InChI=1S/C20H13N2.C16H8F2N.3C15H10N.C8H10O3.2C5H8O2.5Ir/c1-3-9-15(10-4-1)19-20(16-11-5-2-6-12-16)22-18-14-8-7-13-17(18)21-19;17-16(18)12-6-2-1-5-11(12)15-14-10(8-9-19-15)4-3-7-13(14)16;2*1-2-7-13(8-3-1)15-14-9-5-4-6-12(14)10-11-16-15;1-2-6-12(7-3-1)15-10-13-8-4-5-9-14(13)11-16-15;1-5(9)8-6(10)3-2-4-7(8)11;2*1-4(6)3-5(2)7;;;;;/h1-11,13-14H;1-4,6-9H;2*1-7,9-11H;1-6,8-11H;10H,2-4H2,1H3;2*3,6H,1-2H3;;;;;/q5*-1;;;;;;;;. The molecule has 20 heteroatoms. The molecule has 0 aliphatic heterocycles. The third kappa shape index (κ3) is 26.4. The van der Waals surface area contributed by atoms with Gasteiger partial charge in [0.15, 0.2) is 23.1 Å². The van der Waals surface area contributed by atoms with Gasteiger partial charge in [-0.2, -0.15) is 0 Å². The number of pyridine rings is 4. The number of hydrogen-bond acceptors (Lipinski definition) is 13. The SMILES string of the molecule is CC(=O)C1=C(O)CCCC1=O.CC(=O)C=C(C)O.CC(=O)C=C(C)O.FC1(F)c2ccc[c-]c2-c2nccc3cccc1c23.[Ir].[Ir].[Ir].[Ir].[Ir].[c-]1ccccc1-c1cc2ccccc2cn1.[c-]1ccccc1-c1nc2ccccc2nc1-c1ccccc1.[c-]1ccccc1-c1nccc2ccccc12.[c-]1ccccc1-c1nccc2ccccc12. The van der Waals surface area contributed by atoms with Crippen molar-refractivity contribution >= 4 is 77.3 Å². The van der Waals surface area contributed by atoms with Crippen LogP contribution in [-0.2, 0) is 126 Å². The largest absolute Gasteiger partial charge is 0.512 e. The Labute approximate surface area is 757 Å². The van der Waals surface area contributed by atoms with E-state index in [0.717, 1.165) is 72.7 Å². The van der Waals surface area contributed by atoms with Gasteiger partial charge < -0.3 is 35.3 Å². The summed E-state index contributed by atoms with van der Waals surface area (Å²) in [6.45, 7) is 7.00. The third-order valence-corrected chi connectivity index (χ3v) is 17.6. The van der Waals surface area contributed by atoms with Gasteiger partial charge in [0.2, 0.25) is 0 Å². The topological polar surface area (TPSA) is 206 Å². The summed E-state index contributed by atoms with van der Waals surface area (Å²) in [6.07, 6.45) is 11.1. The molecule has 13 nitrogen and oxygen atoms in total. The molecular formula is C99H77F2Ir5N6O7-5. The fourth-order valence-corrected chi connectivity index (χ4v) is 12.6. The van der Waals surface area contributed by atoms with Crippen LogP contribution in [0.3, 0.4) is 0 Å². The van der Waals surface area contributed by atoms with Gasteiger partial charge in [0.1, 0.15) is 5.76 Å². The molecule has 0 spiro atoms. The maximum absolute atomic E-state index is 14.6. The van der Waals surface area contributed by atoms with Crippen molar-refractivity contribution in [1.29, 1.82) is 0 Å². The second-order valence-corrected chi connectivity index (χ2v) is 26.1. The number of fused-ring (bicyclic) bond motifs is 6. The predicted molar refractivity (Wildman–Crippen MR) is 450 cm³/mol. The number of aliphatic hydroxyl groups is 3. The molecule has 0 unspecified atom stereocenters. The zero-order valence-electron chi connectivity index (χ0n) is 64.8. The third-order valence-electron chi connectivity index (χ3n) is 17.6. The minimum Gasteiger partial charge on any atom is -0.512 e. The molecule has 2 aliphatic rings. The summed E-state index contributed by atoms with van der Waals surface area (Å²) in [4.78, 5) is 69.1. The summed E-state index contributed by atoms with van der Waals surface area (Å²) in [5.41, 5.74) is 12.7. The van der Waals surface area contributed by atoms with Crippen molar-refractivity contribution in [2.24, 2.45) is 0 Å². The van der Waals surface area contributed by atoms with Gasteiger partial charge in [-0.25, -0.2) is 8.78 Å². The fourth-order valence-electron chi connectivity index (χ4n) is 12.6. The van der Waals surface area contributed by atoms with Gasteiger partial charge in [-0.3, -0.25) is 29.1 Å². The molecule has 2 aliphatic carbocycles. The minimum atomic E-state index is -3.00. The maximum atomic E-state index is 14.6. The van der Waals surface area contributed by atoms with Crippen LogP contribution in [0.25, 0.3) is 122 Å². The summed E-state index contributed by atoms with van der Waals surface area (Å²) < 4.78 is 29.2. The van der Waals surface area contributed by atoms with Gasteiger partial charge in [-0.1, -0.05) is 145 Å². The van der Waals surface area contributed by atoms with E-state index in [0.29, 0.717) is 35.9 Å². The molecular weight excluding hydrogens is 2380 g/mol. The summed E-state index contributed by atoms with van der Waals surface area (Å²) in [5.74, 6) is -3.70. The molecule has 11 aromatic carbocycles. The first-order valence-electron chi connectivity index (χ1n) is 36.5. The quantitative estimate of drug-likeness (QED) is 0.0561. The van der Waals surface area contributed by atoms with Crippen LogP contribution in [0.15, 0.2) is 345 Å². The van der Waals surface area contributed by atoms with Gasteiger partial charge in [0.25, 0.3) is 5.92 Å². The zero-order valence-corrected chi connectivity index (χ0v) is 76.8. The van der Waals surface area contributed by atoms with Crippen LogP contribution in [0.2, 0.25) is 0 Å². The van der Waals surface area contributed by atoms with E-state index in [2.05, 4.69) is 105 Å². The van der Waals surface area contributed by atoms with E-state index in [1.807, 2.05) is 213 Å². The Hall–Kier alpha value is -11.2. The average molecular weight is 2460 g/mol. The minimum absolute atomic E-state index is 0. The molecule has 0 atom stereocenters. The number of aliphatic hydroxyl groups excluding tert-OH is 3. The first kappa shape index (κ1) is 96.6. The van der Waals surface area contributed by atoms with Crippen molar-refractivity contribution < 1.29 is 144 Å². The van der Waals surface area contributed by atoms with Crippen molar-refractivity contribution in [3.8, 4) is 67.5 Å². The molecule has 609 valence electrons. The fraction of sp³-hybridized carbons (Fsp3) is 0.0909. The number of carbonyl (C=O) groups is 4. The monoisotopic (exact) mass is 2460 g/mol. The number of halogens is 2. The number of Topliss-reactive ketones (excluding diaryl/α,β-unsaturated/α-hetero) is 2. The second-order valence-electron chi connectivity index (χ2n) is 26.1. The summed E-state index contributed by atoms with van der Waals surface area (Å²) >= 11 is 0. The van der Waals surface area contributed by atoms with Gasteiger partial charge in [0, 0.05) is 162 Å². The van der Waals surface area contributed by atoms with E-state index in [1.54, 1.807) is 30.5 Å². The Kier molecular flexibility index (Phi) is 39.0.